The van der Waals surface area contributed by atoms with Crippen LogP contribution < -0.4 is 15.4 Å². The zero-order valence-corrected chi connectivity index (χ0v) is 16.1. The quantitative estimate of drug-likeness (QED) is 0.622. The molecular weight excluding hydrogens is 397 g/mol. The van der Waals surface area contributed by atoms with Crippen molar-refractivity contribution in [3.63, 3.8) is 0 Å². The van der Waals surface area contributed by atoms with Crippen molar-refractivity contribution in [1.29, 1.82) is 0 Å². The Balaban J connectivity index is 1.72. The Labute approximate surface area is 171 Å². The molecule has 1 heterocycles. The lowest BCUT2D eigenvalue weighted by molar-refractivity contribution is -0.122. The standard InChI is InChI=1S/C21H17ClFN3O3/c1-13(29-16-8-5-14(22)6-9-16)20(27)26-19-12-15(23)7-10-17(19)25-21(28)18-4-2-3-11-24-18/h2-13H,1H3,(H,25,28)(H,26,27). The van der Waals surface area contributed by atoms with E-state index in [0.29, 0.717) is 10.8 Å². The van der Waals surface area contributed by atoms with Crippen LogP contribution in [-0.2, 0) is 4.79 Å². The first-order chi connectivity index (χ1) is 13.9. The van der Waals surface area contributed by atoms with Crippen LogP contribution in [0.3, 0.4) is 0 Å². The Bertz CT molecular complexity index is 1010. The molecule has 1 atom stereocenters. The van der Waals surface area contributed by atoms with Gasteiger partial charge in [0.15, 0.2) is 6.10 Å². The highest BCUT2D eigenvalue weighted by Gasteiger charge is 2.18. The first kappa shape index (κ1) is 20.3. The highest BCUT2D eigenvalue weighted by molar-refractivity contribution is 6.30. The molecule has 3 rings (SSSR count). The van der Waals surface area contributed by atoms with Gasteiger partial charge in [-0.15, -0.1) is 0 Å². The summed E-state index contributed by atoms with van der Waals surface area (Å²) >= 11 is 5.83. The number of ether oxygens (including phenoxy) is 1. The zero-order valence-electron chi connectivity index (χ0n) is 15.4. The second-order valence-corrected chi connectivity index (χ2v) is 6.50. The van der Waals surface area contributed by atoms with E-state index in [2.05, 4.69) is 15.6 Å². The van der Waals surface area contributed by atoms with Crippen LogP contribution in [0, 0.1) is 5.82 Å². The number of benzene rings is 2. The van der Waals surface area contributed by atoms with Gasteiger partial charge in [-0.2, -0.15) is 0 Å². The number of nitrogens with zero attached hydrogens (tertiary/aromatic N) is 1. The minimum atomic E-state index is -0.876. The second-order valence-electron chi connectivity index (χ2n) is 6.06. The normalized spacial score (nSPS) is 11.4. The van der Waals surface area contributed by atoms with Crippen LogP contribution in [0.5, 0.6) is 5.75 Å². The highest BCUT2D eigenvalue weighted by Crippen LogP contribution is 2.24. The molecule has 0 spiro atoms. The number of carbonyl (C=O) groups excluding carboxylic acids is 2. The van der Waals surface area contributed by atoms with Gasteiger partial charge in [-0.1, -0.05) is 17.7 Å². The molecule has 1 unspecified atom stereocenters. The van der Waals surface area contributed by atoms with Gasteiger partial charge in [0.25, 0.3) is 11.8 Å². The Morgan fingerprint density at radius 2 is 1.79 bits per heavy atom. The van der Waals surface area contributed by atoms with Crippen molar-refractivity contribution < 1.29 is 18.7 Å². The maximum atomic E-state index is 13.7. The van der Waals surface area contributed by atoms with E-state index in [4.69, 9.17) is 16.3 Å². The molecule has 0 saturated heterocycles. The van der Waals surface area contributed by atoms with Crippen molar-refractivity contribution in [2.75, 3.05) is 10.6 Å². The summed E-state index contributed by atoms with van der Waals surface area (Å²) in [6.07, 6.45) is 0.608. The molecule has 0 aliphatic carbocycles. The summed E-state index contributed by atoms with van der Waals surface area (Å²) in [6, 6.07) is 15.1. The fourth-order valence-electron chi connectivity index (χ4n) is 2.42. The van der Waals surface area contributed by atoms with E-state index in [0.717, 1.165) is 6.07 Å². The summed E-state index contributed by atoms with van der Waals surface area (Å²) in [5.74, 6) is -1.11. The first-order valence-corrected chi connectivity index (χ1v) is 9.05. The lowest BCUT2D eigenvalue weighted by atomic mass is 10.2. The number of aromatic nitrogens is 1. The minimum Gasteiger partial charge on any atom is -0.481 e. The van der Waals surface area contributed by atoms with Gasteiger partial charge in [0, 0.05) is 11.2 Å². The summed E-state index contributed by atoms with van der Waals surface area (Å²) in [4.78, 5) is 28.8. The minimum absolute atomic E-state index is 0.103. The molecule has 3 aromatic rings. The van der Waals surface area contributed by atoms with E-state index < -0.39 is 23.7 Å². The van der Waals surface area contributed by atoms with Gasteiger partial charge < -0.3 is 15.4 Å². The number of hydrogen-bond donors (Lipinski definition) is 2. The van der Waals surface area contributed by atoms with E-state index in [1.165, 1.54) is 18.3 Å². The molecule has 0 radical (unpaired) electrons. The van der Waals surface area contributed by atoms with E-state index >= 15 is 0 Å². The van der Waals surface area contributed by atoms with Crippen LogP contribution in [0.2, 0.25) is 5.02 Å². The van der Waals surface area contributed by atoms with Crippen LogP contribution in [0.25, 0.3) is 0 Å². The topological polar surface area (TPSA) is 80.3 Å². The fourth-order valence-corrected chi connectivity index (χ4v) is 2.54. The molecule has 29 heavy (non-hydrogen) atoms. The highest BCUT2D eigenvalue weighted by atomic mass is 35.5. The Morgan fingerprint density at radius 1 is 1.03 bits per heavy atom. The van der Waals surface area contributed by atoms with Crippen LogP contribution in [0.4, 0.5) is 15.8 Å². The maximum absolute atomic E-state index is 13.7. The molecule has 0 aliphatic rings. The van der Waals surface area contributed by atoms with Gasteiger partial charge in [-0.05, 0) is 61.5 Å². The van der Waals surface area contributed by atoms with E-state index in [1.807, 2.05) is 0 Å². The van der Waals surface area contributed by atoms with Crippen molar-refractivity contribution >= 4 is 34.8 Å². The zero-order chi connectivity index (χ0) is 20.8. The summed E-state index contributed by atoms with van der Waals surface area (Å²) in [5.41, 5.74) is 0.522. The largest absolute Gasteiger partial charge is 0.481 e. The summed E-state index contributed by atoms with van der Waals surface area (Å²) in [7, 11) is 0. The molecule has 0 aliphatic heterocycles. The molecule has 148 valence electrons. The Morgan fingerprint density at radius 3 is 2.48 bits per heavy atom. The SMILES string of the molecule is CC(Oc1ccc(Cl)cc1)C(=O)Nc1cc(F)ccc1NC(=O)c1ccccn1. The lowest BCUT2D eigenvalue weighted by Crippen LogP contribution is -2.30. The number of anilines is 2. The number of halogens is 2. The van der Waals surface area contributed by atoms with Gasteiger partial charge in [0.2, 0.25) is 0 Å². The van der Waals surface area contributed by atoms with Crippen molar-refractivity contribution in [1.82, 2.24) is 4.98 Å². The maximum Gasteiger partial charge on any atom is 0.274 e. The van der Waals surface area contributed by atoms with Crippen LogP contribution in [0.15, 0.2) is 66.9 Å². The Hall–Kier alpha value is -3.45. The van der Waals surface area contributed by atoms with E-state index in [9.17, 15) is 14.0 Å². The molecule has 8 heteroatoms. The number of amides is 2. The predicted octanol–water partition coefficient (Wildman–Crippen LogP) is 4.53. The molecule has 6 nitrogen and oxygen atoms in total. The molecular formula is C21H17ClFN3O3. The summed E-state index contributed by atoms with van der Waals surface area (Å²) < 4.78 is 19.3. The molecule has 0 bridgehead atoms. The van der Waals surface area contributed by atoms with Crippen LogP contribution in [0.1, 0.15) is 17.4 Å². The molecule has 2 N–H and O–H groups in total. The smallest absolute Gasteiger partial charge is 0.274 e. The first-order valence-electron chi connectivity index (χ1n) is 8.67. The van der Waals surface area contributed by atoms with E-state index in [1.54, 1.807) is 49.4 Å². The average molecular weight is 414 g/mol. The Kier molecular flexibility index (Phi) is 6.41. The number of nitrogens with one attached hydrogen (secondary N) is 2. The number of carbonyl (C=O) groups is 2. The predicted molar refractivity (Wildman–Crippen MR) is 109 cm³/mol. The van der Waals surface area contributed by atoms with Gasteiger partial charge in [-0.3, -0.25) is 14.6 Å². The van der Waals surface area contributed by atoms with Gasteiger partial charge in [0.05, 0.1) is 11.4 Å². The summed E-state index contributed by atoms with van der Waals surface area (Å²) in [5, 5.41) is 5.73. The molecule has 1 aromatic heterocycles. The third kappa shape index (κ3) is 5.52. The van der Waals surface area contributed by atoms with Gasteiger partial charge in [0.1, 0.15) is 17.3 Å². The molecule has 2 amide bonds. The molecule has 0 saturated carbocycles. The van der Waals surface area contributed by atoms with Crippen molar-refractivity contribution in [2.45, 2.75) is 13.0 Å². The van der Waals surface area contributed by atoms with Crippen molar-refractivity contribution in [2.24, 2.45) is 0 Å². The fraction of sp³-hybridized carbons (Fsp3) is 0.0952. The second kappa shape index (κ2) is 9.16. The van der Waals surface area contributed by atoms with Gasteiger partial charge in [-0.25, -0.2) is 4.39 Å². The number of pyridine rings is 1. The van der Waals surface area contributed by atoms with Crippen LogP contribution in [-0.4, -0.2) is 22.9 Å². The van der Waals surface area contributed by atoms with E-state index in [-0.39, 0.29) is 17.1 Å². The summed E-state index contributed by atoms with van der Waals surface area (Å²) in [6.45, 7) is 1.55. The number of hydrogen-bond acceptors (Lipinski definition) is 4. The number of rotatable bonds is 6. The monoisotopic (exact) mass is 413 g/mol. The third-order valence-electron chi connectivity index (χ3n) is 3.88. The lowest BCUT2D eigenvalue weighted by Gasteiger charge is -2.17. The van der Waals surface area contributed by atoms with Crippen LogP contribution >= 0.6 is 11.6 Å². The average Bonchev–Trinajstić information content (AvgIpc) is 2.72. The van der Waals surface area contributed by atoms with Gasteiger partial charge >= 0.3 is 0 Å². The van der Waals surface area contributed by atoms with Crippen molar-refractivity contribution in [3.8, 4) is 5.75 Å². The van der Waals surface area contributed by atoms with Crippen molar-refractivity contribution in [3.05, 3.63) is 83.4 Å². The third-order valence-corrected chi connectivity index (χ3v) is 4.13. The molecule has 0 fully saturated rings. The molecule has 2 aromatic carbocycles.